The number of allylic oxidation sites excluding steroid dienone is 1. The molecule has 0 unspecified atom stereocenters. The van der Waals surface area contributed by atoms with E-state index < -0.39 is 0 Å². The van der Waals surface area contributed by atoms with E-state index >= 15 is 0 Å². The highest BCUT2D eigenvalue weighted by Crippen LogP contribution is 1.94. The second kappa shape index (κ2) is 8.09. The first-order chi connectivity index (χ1) is 5.35. The molecule has 0 bridgehead atoms. The molecule has 1 N–H and O–H groups in total. The van der Waals surface area contributed by atoms with Crippen molar-refractivity contribution in [2.24, 2.45) is 0 Å². The van der Waals surface area contributed by atoms with Gasteiger partial charge in [0.05, 0.1) is 0 Å². The Hall–Kier alpha value is -0.0100. The van der Waals surface area contributed by atoms with Crippen LogP contribution in [0.2, 0.25) is 0 Å². The van der Waals surface area contributed by atoms with E-state index in [1.165, 1.54) is 12.8 Å². The molecular weight excluding hydrogens is 158 g/mol. The summed E-state index contributed by atoms with van der Waals surface area (Å²) in [4.78, 5) is 0. The molecule has 0 aromatic rings. The maximum atomic E-state index is 5.47. The maximum Gasteiger partial charge on any atom is 0.0404 e. The summed E-state index contributed by atoms with van der Waals surface area (Å²) in [5, 5.41) is 3.41. The van der Waals surface area contributed by atoms with Crippen LogP contribution in [0.15, 0.2) is 12.2 Å². The van der Waals surface area contributed by atoms with Gasteiger partial charge in [0, 0.05) is 18.5 Å². The van der Waals surface area contributed by atoms with Crippen molar-refractivity contribution in [1.82, 2.24) is 5.32 Å². The summed E-state index contributed by atoms with van der Waals surface area (Å²) in [6, 6.07) is 0.662. The van der Waals surface area contributed by atoms with Crippen molar-refractivity contribution in [3.8, 4) is 0 Å². The number of alkyl halides is 1. The Labute approximate surface area is 74.8 Å². The van der Waals surface area contributed by atoms with Crippen molar-refractivity contribution in [3.63, 3.8) is 0 Å². The van der Waals surface area contributed by atoms with Crippen molar-refractivity contribution >= 4 is 11.6 Å². The normalized spacial score (nSPS) is 11.6. The molecule has 1 nitrogen and oxygen atoms in total. The quantitative estimate of drug-likeness (QED) is 0.484. The third-order valence-corrected chi connectivity index (χ3v) is 1.94. The zero-order chi connectivity index (χ0) is 8.53. The van der Waals surface area contributed by atoms with Crippen LogP contribution in [-0.2, 0) is 0 Å². The summed E-state index contributed by atoms with van der Waals surface area (Å²) in [7, 11) is 0. The van der Waals surface area contributed by atoms with Gasteiger partial charge in [-0.3, -0.25) is 0 Å². The fraction of sp³-hybridized carbons (Fsp3) is 0.778. The van der Waals surface area contributed by atoms with E-state index in [0.29, 0.717) is 11.9 Å². The van der Waals surface area contributed by atoms with Gasteiger partial charge in [-0.2, -0.15) is 0 Å². The van der Waals surface area contributed by atoms with Crippen LogP contribution in [-0.4, -0.2) is 18.5 Å². The number of hydrogen-bond acceptors (Lipinski definition) is 1. The fourth-order valence-corrected chi connectivity index (χ4v) is 1.08. The van der Waals surface area contributed by atoms with Gasteiger partial charge in [0.25, 0.3) is 0 Å². The molecule has 0 saturated carbocycles. The highest BCUT2D eigenvalue weighted by molar-refractivity contribution is 6.18. The van der Waals surface area contributed by atoms with Crippen molar-refractivity contribution < 1.29 is 0 Å². The molecule has 0 spiro atoms. The number of halogens is 1. The van der Waals surface area contributed by atoms with Crippen LogP contribution >= 0.6 is 11.6 Å². The minimum absolute atomic E-state index is 0.616. The Bertz CT molecular complexity index is 97.7. The van der Waals surface area contributed by atoms with Gasteiger partial charge in [0.15, 0.2) is 0 Å². The number of rotatable bonds is 6. The van der Waals surface area contributed by atoms with Gasteiger partial charge in [-0.25, -0.2) is 0 Å². The lowest BCUT2D eigenvalue weighted by molar-refractivity contribution is 0.510. The van der Waals surface area contributed by atoms with Crippen LogP contribution in [0.25, 0.3) is 0 Å². The molecule has 2 heteroatoms. The zero-order valence-electron chi connectivity index (χ0n) is 7.44. The molecule has 0 aliphatic heterocycles. The van der Waals surface area contributed by atoms with Gasteiger partial charge in [0.2, 0.25) is 0 Å². The molecule has 0 heterocycles. The van der Waals surface area contributed by atoms with Gasteiger partial charge in [-0.1, -0.05) is 26.0 Å². The summed E-state index contributed by atoms with van der Waals surface area (Å²) >= 11 is 5.47. The largest absolute Gasteiger partial charge is 0.311 e. The summed E-state index contributed by atoms with van der Waals surface area (Å²) in [5.41, 5.74) is 0. The third kappa shape index (κ3) is 6.39. The van der Waals surface area contributed by atoms with Crippen LogP contribution < -0.4 is 5.32 Å². The zero-order valence-corrected chi connectivity index (χ0v) is 8.19. The van der Waals surface area contributed by atoms with E-state index in [1.807, 2.05) is 6.08 Å². The first-order valence-corrected chi connectivity index (χ1v) is 4.82. The molecular formula is C9H18ClN. The number of nitrogens with one attached hydrogen (secondary N) is 1. The van der Waals surface area contributed by atoms with Gasteiger partial charge in [0.1, 0.15) is 0 Å². The standard InChI is InChI=1S/C9H18ClN/c1-3-9(4-2)11-8-6-5-7-10/h5-6,9,11H,3-4,7-8H2,1-2H3/b6-5+. The topological polar surface area (TPSA) is 12.0 Å². The summed E-state index contributed by atoms with van der Waals surface area (Å²) in [6.07, 6.45) is 6.44. The summed E-state index contributed by atoms with van der Waals surface area (Å²) in [5.74, 6) is 0.616. The van der Waals surface area contributed by atoms with Crippen LogP contribution in [0, 0.1) is 0 Å². The van der Waals surface area contributed by atoms with Gasteiger partial charge >= 0.3 is 0 Å². The monoisotopic (exact) mass is 175 g/mol. The van der Waals surface area contributed by atoms with Crippen molar-refractivity contribution in [3.05, 3.63) is 12.2 Å². The molecule has 0 rings (SSSR count). The average molecular weight is 176 g/mol. The van der Waals surface area contributed by atoms with Crippen molar-refractivity contribution in [2.45, 2.75) is 32.7 Å². The van der Waals surface area contributed by atoms with E-state index in [0.717, 1.165) is 6.54 Å². The minimum atomic E-state index is 0.616. The SMILES string of the molecule is CCC(CC)NC/C=C/CCl. The highest BCUT2D eigenvalue weighted by atomic mass is 35.5. The molecule has 0 aliphatic rings. The minimum Gasteiger partial charge on any atom is -0.311 e. The maximum absolute atomic E-state index is 5.47. The first-order valence-electron chi connectivity index (χ1n) is 4.29. The van der Waals surface area contributed by atoms with E-state index in [1.54, 1.807) is 0 Å². The molecule has 0 fully saturated rings. The van der Waals surface area contributed by atoms with E-state index in [9.17, 15) is 0 Å². The molecule has 0 aromatic carbocycles. The molecule has 0 saturated heterocycles. The highest BCUT2D eigenvalue weighted by Gasteiger charge is 1.97. The Kier molecular flexibility index (Phi) is 8.08. The molecule has 66 valence electrons. The second-order valence-electron chi connectivity index (χ2n) is 2.55. The molecule has 11 heavy (non-hydrogen) atoms. The molecule has 0 radical (unpaired) electrons. The Balaban J connectivity index is 3.27. The summed E-state index contributed by atoms with van der Waals surface area (Å²) < 4.78 is 0. The summed E-state index contributed by atoms with van der Waals surface area (Å²) in [6.45, 7) is 5.35. The van der Waals surface area contributed by atoms with Crippen molar-refractivity contribution in [2.75, 3.05) is 12.4 Å². The second-order valence-corrected chi connectivity index (χ2v) is 2.86. The predicted molar refractivity (Wildman–Crippen MR) is 52.2 cm³/mol. The predicted octanol–water partition coefficient (Wildman–Crippen LogP) is 2.56. The van der Waals surface area contributed by atoms with E-state index in [2.05, 4.69) is 25.2 Å². The lowest BCUT2D eigenvalue weighted by Crippen LogP contribution is -2.27. The lowest BCUT2D eigenvalue weighted by Gasteiger charge is -2.12. The van der Waals surface area contributed by atoms with Crippen molar-refractivity contribution in [1.29, 1.82) is 0 Å². The van der Waals surface area contributed by atoms with Gasteiger partial charge < -0.3 is 5.32 Å². The Morgan fingerprint density at radius 3 is 2.36 bits per heavy atom. The molecule has 0 aliphatic carbocycles. The van der Waals surface area contributed by atoms with Gasteiger partial charge in [-0.15, -0.1) is 11.6 Å². The first kappa shape index (κ1) is 11.0. The smallest absolute Gasteiger partial charge is 0.0404 e. The Morgan fingerprint density at radius 1 is 1.27 bits per heavy atom. The molecule has 0 amide bonds. The Morgan fingerprint density at radius 2 is 1.91 bits per heavy atom. The van der Waals surface area contributed by atoms with Crippen LogP contribution in [0.5, 0.6) is 0 Å². The van der Waals surface area contributed by atoms with E-state index in [-0.39, 0.29) is 0 Å². The van der Waals surface area contributed by atoms with Crippen LogP contribution in [0.4, 0.5) is 0 Å². The van der Waals surface area contributed by atoms with Crippen LogP contribution in [0.3, 0.4) is 0 Å². The van der Waals surface area contributed by atoms with E-state index in [4.69, 9.17) is 11.6 Å². The molecule has 0 atom stereocenters. The third-order valence-electron chi connectivity index (χ3n) is 1.77. The van der Waals surface area contributed by atoms with Crippen LogP contribution in [0.1, 0.15) is 26.7 Å². The lowest BCUT2D eigenvalue weighted by atomic mass is 10.2. The number of hydrogen-bond donors (Lipinski definition) is 1. The average Bonchev–Trinajstić information content (AvgIpc) is 2.05. The molecule has 0 aromatic heterocycles. The van der Waals surface area contributed by atoms with Gasteiger partial charge in [-0.05, 0) is 12.8 Å². The fourth-order valence-electron chi connectivity index (χ4n) is 0.958.